The lowest BCUT2D eigenvalue weighted by atomic mass is 10.3. The standard InChI is InChI=1S/C16H19NO3S/c1-18-13-4-6-14(7-5-13)20-9-10-21-16-8-3-12(17)11-15(16)19-2/h3-8,11H,9-10,17H2,1-2H3. The number of hydrogen-bond acceptors (Lipinski definition) is 5. The van der Waals surface area contributed by atoms with Gasteiger partial charge in [-0.1, -0.05) is 0 Å². The molecule has 5 heteroatoms. The first kappa shape index (κ1) is 15.4. The molecule has 0 amide bonds. The molecule has 0 atom stereocenters. The summed E-state index contributed by atoms with van der Waals surface area (Å²) < 4.78 is 16.1. The molecule has 0 aliphatic heterocycles. The molecule has 0 heterocycles. The third kappa shape index (κ3) is 4.49. The van der Waals surface area contributed by atoms with Crippen molar-refractivity contribution in [3.63, 3.8) is 0 Å². The van der Waals surface area contributed by atoms with Crippen LogP contribution in [-0.2, 0) is 0 Å². The molecule has 112 valence electrons. The molecule has 2 aromatic carbocycles. The van der Waals surface area contributed by atoms with Gasteiger partial charge in [-0.3, -0.25) is 0 Å². The van der Waals surface area contributed by atoms with Crippen LogP contribution in [0.3, 0.4) is 0 Å². The zero-order chi connectivity index (χ0) is 15.1. The van der Waals surface area contributed by atoms with Gasteiger partial charge in [0.25, 0.3) is 0 Å². The van der Waals surface area contributed by atoms with Gasteiger partial charge in [0.2, 0.25) is 0 Å². The molecule has 2 rings (SSSR count). The number of nitrogens with two attached hydrogens (primary N) is 1. The van der Waals surface area contributed by atoms with Gasteiger partial charge >= 0.3 is 0 Å². The molecule has 0 unspecified atom stereocenters. The van der Waals surface area contributed by atoms with Crippen molar-refractivity contribution in [2.24, 2.45) is 0 Å². The number of nitrogen functional groups attached to an aromatic ring is 1. The van der Waals surface area contributed by atoms with Crippen molar-refractivity contribution in [2.45, 2.75) is 4.90 Å². The number of anilines is 1. The molecule has 0 spiro atoms. The molecule has 2 aromatic rings. The van der Waals surface area contributed by atoms with Crippen LogP contribution in [0.5, 0.6) is 17.2 Å². The zero-order valence-electron chi connectivity index (χ0n) is 12.2. The van der Waals surface area contributed by atoms with E-state index in [9.17, 15) is 0 Å². The van der Waals surface area contributed by atoms with Crippen molar-refractivity contribution >= 4 is 17.4 Å². The molecule has 0 aliphatic rings. The van der Waals surface area contributed by atoms with E-state index >= 15 is 0 Å². The van der Waals surface area contributed by atoms with Gasteiger partial charge < -0.3 is 19.9 Å². The summed E-state index contributed by atoms with van der Waals surface area (Å²) in [7, 11) is 3.29. The number of thioether (sulfide) groups is 1. The molecule has 0 saturated carbocycles. The Bertz CT molecular complexity index is 572. The molecular weight excluding hydrogens is 286 g/mol. The lowest BCUT2D eigenvalue weighted by Crippen LogP contribution is -2.00. The molecule has 0 saturated heterocycles. The van der Waals surface area contributed by atoms with E-state index < -0.39 is 0 Å². The van der Waals surface area contributed by atoms with Crippen molar-refractivity contribution in [1.82, 2.24) is 0 Å². The Balaban J connectivity index is 1.81. The van der Waals surface area contributed by atoms with Crippen LogP contribution in [0.4, 0.5) is 5.69 Å². The molecule has 0 aromatic heterocycles. The van der Waals surface area contributed by atoms with E-state index in [1.807, 2.05) is 42.5 Å². The highest BCUT2D eigenvalue weighted by Crippen LogP contribution is 2.30. The lowest BCUT2D eigenvalue weighted by Gasteiger charge is -2.10. The highest BCUT2D eigenvalue weighted by Gasteiger charge is 2.04. The van der Waals surface area contributed by atoms with Gasteiger partial charge in [0.15, 0.2) is 0 Å². The van der Waals surface area contributed by atoms with Gasteiger partial charge in [-0.2, -0.15) is 0 Å². The van der Waals surface area contributed by atoms with Gasteiger partial charge in [-0.15, -0.1) is 11.8 Å². The van der Waals surface area contributed by atoms with Crippen LogP contribution in [0, 0.1) is 0 Å². The first-order valence-corrected chi connectivity index (χ1v) is 7.54. The van der Waals surface area contributed by atoms with Gasteiger partial charge in [-0.25, -0.2) is 0 Å². The average molecular weight is 305 g/mol. The first-order valence-electron chi connectivity index (χ1n) is 6.56. The van der Waals surface area contributed by atoms with Crippen LogP contribution in [-0.4, -0.2) is 26.6 Å². The van der Waals surface area contributed by atoms with E-state index in [2.05, 4.69) is 0 Å². The maximum absolute atomic E-state index is 5.73. The Morgan fingerprint density at radius 1 is 0.952 bits per heavy atom. The van der Waals surface area contributed by atoms with Gasteiger partial charge in [-0.05, 0) is 36.4 Å². The molecule has 21 heavy (non-hydrogen) atoms. The number of hydrogen-bond donors (Lipinski definition) is 1. The highest BCUT2D eigenvalue weighted by atomic mass is 32.2. The fourth-order valence-corrected chi connectivity index (χ4v) is 2.62. The van der Waals surface area contributed by atoms with E-state index in [4.69, 9.17) is 19.9 Å². The quantitative estimate of drug-likeness (QED) is 0.482. The number of methoxy groups -OCH3 is 2. The Morgan fingerprint density at radius 3 is 2.33 bits per heavy atom. The lowest BCUT2D eigenvalue weighted by molar-refractivity contribution is 0.342. The van der Waals surface area contributed by atoms with Gasteiger partial charge in [0.1, 0.15) is 17.2 Å². The monoisotopic (exact) mass is 305 g/mol. The summed E-state index contributed by atoms with van der Waals surface area (Å²) in [5.74, 6) is 3.28. The Labute approximate surface area is 129 Å². The van der Waals surface area contributed by atoms with E-state index in [0.717, 1.165) is 27.9 Å². The minimum absolute atomic E-state index is 0.616. The fraction of sp³-hybridized carbons (Fsp3) is 0.250. The van der Waals surface area contributed by atoms with E-state index in [1.165, 1.54) is 0 Å². The smallest absolute Gasteiger partial charge is 0.134 e. The molecule has 0 bridgehead atoms. The van der Waals surface area contributed by atoms with Crippen molar-refractivity contribution in [3.05, 3.63) is 42.5 Å². The predicted molar refractivity (Wildman–Crippen MR) is 86.6 cm³/mol. The maximum atomic E-state index is 5.73. The van der Waals surface area contributed by atoms with Crippen molar-refractivity contribution < 1.29 is 14.2 Å². The molecular formula is C16H19NO3S. The predicted octanol–water partition coefficient (Wildman–Crippen LogP) is 3.46. The summed E-state index contributed by atoms with van der Waals surface area (Å²) in [4.78, 5) is 1.06. The van der Waals surface area contributed by atoms with Crippen molar-refractivity contribution in [2.75, 3.05) is 32.3 Å². The minimum Gasteiger partial charge on any atom is -0.497 e. The largest absolute Gasteiger partial charge is 0.497 e. The second-order valence-corrected chi connectivity index (χ2v) is 5.42. The van der Waals surface area contributed by atoms with Crippen molar-refractivity contribution in [1.29, 1.82) is 0 Å². The normalized spacial score (nSPS) is 10.2. The van der Waals surface area contributed by atoms with E-state index in [0.29, 0.717) is 12.3 Å². The first-order chi connectivity index (χ1) is 10.2. The minimum atomic E-state index is 0.616. The van der Waals surface area contributed by atoms with Crippen LogP contribution in [0.25, 0.3) is 0 Å². The van der Waals surface area contributed by atoms with E-state index in [1.54, 1.807) is 26.0 Å². The number of benzene rings is 2. The molecule has 0 radical (unpaired) electrons. The summed E-state index contributed by atoms with van der Waals surface area (Å²) in [6.45, 7) is 0.616. The summed E-state index contributed by atoms with van der Waals surface area (Å²) >= 11 is 1.68. The maximum Gasteiger partial charge on any atom is 0.134 e. The Hall–Kier alpha value is -2.01. The summed E-state index contributed by atoms with van der Waals surface area (Å²) in [6, 6.07) is 13.2. The topological polar surface area (TPSA) is 53.7 Å². The zero-order valence-corrected chi connectivity index (χ0v) is 13.0. The van der Waals surface area contributed by atoms with Gasteiger partial charge in [0.05, 0.1) is 20.8 Å². The fourth-order valence-electron chi connectivity index (χ4n) is 1.79. The molecule has 0 aliphatic carbocycles. The average Bonchev–Trinajstić information content (AvgIpc) is 2.53. The van der Waals surface area contributed by atoms with E-state index in [-0.39, 0.29) is 0 Å². The number of rotatable bonds is 7. The number of ether oxygens (including phenoxy) is 3. The third-order valence-electron chi connectivity index (χ3n) is 2.86. The van der Waals surface area contributed by atoms with Crippen molar-refractivity contribution in [3.8, 4) is 17.2 Å². The van der Waals surface area contributed by atoms with Crippen LogP contribution in [0.2, 0.25) is 0 Å². The molecule has 4 nitrogen and oxygen atoms in total. The third-order valence-corrected chi connectivity index (χ3v) is 3.88. The summed E-state index contributed by atoms with van der Waals surface area (Å²) in [5, 5.41) is 0. The molecule has 0 fully saturated rings. The highest BCUT2D eigenvalue weighted by molar-refractivity contribution is 7.99. The summed E-state index contributed by atoms with van der Waals surface area (Å²) in [5.41, 5.74) is 6.43. The van der Waals surface area contributed by atoms with Crippen LogP contribution in [0.15, 0.2) is 47.4 Å². The second kappa shape index (κ2) is 7.69. The Morgan fingerprint density at radius 2 is 1.67 bits per heavy atom. The summed E-state index contributed by atoms with van der Waals surface area (Å²) in [6.07, 6.45) is 0. The molecule has 2 N–H and O–H groups in total. The van der Waals surface area contributed by atoms with Crippen LogP contribution < -0.4 is 19.9 Å². The Kier molecular flexibility index (Phi) is 5.63. The van der Waals surface area contributed by atoms with Gasteiger partial charge in [0, 0.05) is 22.4 Å². The van der Waals surface area contributed by atoms with Crippen LogP contribution in [0.1, 0.15) is 0 Å². The second-order valence-electron chi connectivity index (χ2n) is 4.28. The van der Waals surface area contributed by atoms with Crippen LogP contribution >= 0.6 is 11.8 Å². The SMILES string of the molecule is COc1ccc(OCCSc2ccc(N)cc2OC)cc1.